The number of hydrogen-bond donors (Lipinski definition) is 0. The van der Waals surface area contributed by atoms with Crippen molar-refractivity contribution >= 4 is 3.21 Å². The number of allylic oxidation sites excluding steroid dienone is 4. The van der Waals surface area contributed by atoms with Crippen molar-refractivity contribution in [2.24, 2.45) is 0 Å². The fraction of sp³-hybridized carbons (Fsp3) is 0.396. The van der Waals surface area contributed by atoms with Crippen LogP contribution in [0.15, 0.2) is 100 Å². The van der Waals surface area contributed by atoms with Crippen LogP contribution in [0.2, 0.25) is 0 Å². The van der Waals surface area contributed by atoms with Crippen LogP contribution in [-0.4, -0.2) is 3.21 Å². The molecular formula is C48H55F3Zr. The molecule has 0 radical (unpaired) electrons. The standard InChI is InChI=1S/C29H41.C14H9F3.C5H5.Zr/c1-26(2,3)22-14-18-13-19-15-23(27(4,5)6)25(29(10,11)12)17-21(19)20(18)16-24(22)28(7,8)9;15-14(16,17)13-8-4-7-12(10-13)9-11-5-2-1-3-6-11;1-2-4-5-3-1;/h13-17H,1-12H3;1-8,10H;1-3H,4H2;. The van der Waals surface area contributed by atoms with E-state index in [0.29, 0.717) is 5.56 Å². The summed E-state index contributed by atoms with van der Waals surface area (Å²) in [6, 6.07) is 26.5. The molecule has 6 rings (SSSR count). The van der Waals surface area contributed by atoms with Gasteiger partial charge in [-0.15, -0.1) is 0 Å². The van der Waals surface area contributed by atoms with Gasteiger partial charge < -0.3 is 0 Å². The second-order valence-corrected chi connectivity index (χ2v) is 25.2. The molecule has 0 nitrogen and oxygen atoms in total. The number of rotatable bonds is 4. The van der Waals surface area contributed by atoms with E-state index >= 15 is 0 Å². The molecule has 4 heteroatoms. The van der Waals surface area contributed by atoms with Crippen molar-refractivity contribution in [2.45, 2.75) is 121 Å². The molecule has 0 atom stereocenters. The first kappa shape index (κ1) is 38.6. The molecule has 0 aromatic heterocycles. The van der Waals surface area contributed by atoms with Gasteiger partial charge in [0.1, 0.15) is 0 Å². The van der Waals surface area contributed by atoms with Gasteiger partial charge in [0.05, 0.1) is 0 Å². The number of halogens is 3. The van der Waals surface area contributed by atoms with Gasteiger partial charge in [-0.3, -0.25) is 0 Å². The molecule has 0 saturated carbocycles. The molecule has 0 bridgehead atoms. The first-order valence-electron chi connectivity index (χ1n) is 18.7. The Morgan fingerprint density at radius 3 is 1.44 bits per heavy atom. The van der Waals surface area contributed by atoms with Crippen molar-refractivity contribution in [3.8, 4) is 11.1 Å². The Labute approximate surface area is 318 Å². The Hall–Kier alpha value is -3.10. The average molecular weight is 780 g/mol. The molecule has 4 aromatic carbocycles. The third-order valence-electron chi connectivity index (χ3n) is 10.7. The monoisotopic (exact) mass is 778 g/mol. The van der Waals surface area contributed by atoms with Gasteiger partial charge in [-0.2, -0.15) is 0 Å². The zero-order chi connectivity index (χ0) is 38.2. The van der Waals surface area contributed by atoms with Gasteiger partial charge in [-0.25, -0.2) is 0 Å². The predicted molar refractivity (Wildman–Crippen MR) is 211 cm³/mol. The molecular weight excluding hydrogens is 725 g/mol. The van der Waals surface area contributed by atoms with Crippen molar-refractivity contribution in [3.05, 3.63) is 150 Å². The summed E-state index contributed by atoms with van der Waals surface area (Å²) >= 11 is -3.27. The fourth-order valence-corrected chi connectivity index (χ4v) is 17.2. The molecule has 272 valence electrons. The summed E-state index contributed by atoms with van der Waals surface area (Å²) in [5.41, 5.74) is 11.5. The SMILES string of the molecule is CC(C)(C)c1cc2c(cc1C(C)(C)C)[CH]([Zr]([C]1=CC=CC1)=[C](c1ccccc1)c1cccc(C(F)(F)F)c1)c1cc(C(C)(C)C)c(C(C)(C)C)cc1-2. The minimum atomic E-state index is -4.43. The van der Waals surface area contributed by atoms with Crippen molar-refractivity contribution in [1.82, 2.24) is 0 Å². The van der Waals surface area contributed by atoms with Gasteiger partial charge in [-0.1, -0.05) is 0 Å². The molecule has 52 heavy (non-hydrogen) atoms. The first-order chi connectivity index (χ1) is 24.0. The summed E-state index contributed by atoms with van der Waals surface area (Å²) in [5, 5.41) is 0. The van der Waals surface area contributed by atoms with E-state index < -0.39 is 33.0 Å². The normalized spacial score (nSPS) is 15.8. The van der Waals surface area contributed by atoms with Crippen LogP contribution in [0.1, 0.15) is 143 Å². The zero-order valence-electron chi connectivity index (χ0n) is 33.2. The maximum atomic E-state index is 14.4. The summed E-state index contributed by atoms with van der Waals surface area (Å²) in [6.45, 7) is 27.7. The molecule has 2 aliphatic rings. The summed E-state index contributed by atoms with van der Waals surface area (Å²) in [7, 11) is 0. The molecule has 0 saturated heterocycles. The van der Waals surface area contributed by atoms with Gasteiger partial charge in [0.2, 0.25) is 0 Å². The van der Waals surface area contributed by atoms with Crippen LogP contribution in [0, 0.1) is 0 Å². The van der Waals surface area contributed by atoms with E-state index in [9.17, 15) is 13.2 Å². The van der Waals surface area contributed by atoms with Crippen molar-refractivity contribution < 1.29 is 34.4 Å². The van der Waals surface area contributed by atoms with Crippen LogP contribution in [0.25, 0.3) is 11.1 Å². The molecule has 0 amide bonds. The summed E-state index contributed by atoms with van der Waals surface area (Å²) < 4.78 is 45.8. The summed E-state index contributed by atoms with van der Waals surface area (Å²) in [4.78, 5) is 0. The van der Waals surface area contributed by atoms with Crippen molar-refractivity contribution in [2.75, 3.05) is 0 Å². The molecule has 0 aliphatic heterocycles. The zero-order valence-corrected chi connectivity index (χ0v) is 35.6. The Kier molecular flexibility index (Phi) is 9.90. The van der Waals surface area contributed by atoms with Crippen molar-refractivity contribution in [1.29, 1.82) is 0 Å². The van der Waals surface area contributed by atoms with Crippen LogP contribution in [0.4, 0.5) is 13.2 Å². The number of fused-ring (bicyclic) bond motifs is 3. The third kappa shape index (κ3) is 7.36. The second-order valence-electron chi connectivity index (χ2n) is 19.0. The Balaban J connectivity index is 1.85. The van der Waals surface area contributed by atoms with Crippen LogP contribution in [0.3, 0.4) is 0 Å². The van der Waals surface area contributed by atoms with E-state index in [1.165, 1.54) is 59.9 Å². The minimum absolute atomic E-state index is 0.0764. The van der Waals surface area contributed by atoms with Gasteiger partial charge in [0.15, 0.2) is 0 Å². The number of benzene rings is 4. The molecule has 0 N–H and O–H groups in total. The molecule has 0 spiro atoms. The van der Waals surface area contributed by atoms with E-state index in [1.807, 2.05) is 24.3 Å². The fourth-order valence-electron chi connectivity index (χ4n) is 8.21. The number of alkyl halides is 3. The van der Waals surface area contributed by atoms with Crippen LogP contribution in [-0.2, 0) is 49.1 Å². The molecule has 0 heterocycles. The molecule has 0 unspecified atom stereocenters. The Morgan fingerprint density at radius 1 is 0.558 bits per heavy atom. The van der Waals surface area contributed by atoms with Gasteiger partial charge >= 0.3 is 320 Å². The van der Waals surface area contributed by atoms with Gasteiger partial charge in [0, 0.05) is 0 Å². The quantitative estimate of drug-likeness (QED) is 0.194. The van der Waals surface area contributed by atoms with Crippen molar-refractivity contribution in [3.63, 3.8) is 0 Å². The summed E-state index contributed by atoms with van der Waals surface area (Å²) in [6.07, 6.45) is 3.09. The van der Waals surface area contributed by atoms with E-state index in [-0.39, 0.29) is 25.3 Å². The molecule has 2 aliphatic carbocycles. The van der Waals surface area contributed by atoms with E-state index in [4.69, 9.17) is 0 Å². The Morgan fingerprint density at radius 2 is 1.02 bits per heavy atom. The predicted octanol–water partition coefficient (Wildman–Crippen LogP) is 13.7. The van der Waals surface area contributed by atoms with Gasteiger partial charge in [-0.05, 0) is 0 Å². The van der Waals surface area contributed by atoms with Crippen LogP contribution >= 0.6 is 0 Å². The summed E-state index contributed by atoms with van der Waals surface area (Å²) in [5.74, 6) is 0. The maximum absolute atomic E-state index is 14.4. The topological polar surface area (TPSA) is 0 Å². The molecule has 4 aromatic rings. The van der Waals surface area contributed by atoms with Crippen LogP contribution < -0.4 is 0 Å². The number of hydrogen-bond acceptors (Lipinski definition) is 0. The Bertz CT molecular complexity index is 2030. The second kappa shape index (κ2) is 13.3. The third-order valence-corrected chi connectivity index (χ3v) is 19.0. The van der Waals surface area contributed by atoms with Crippen LogP contribution in [0.5, 0.6) is 0 Å². The van der Waals surface area contributed by atoms with Gasteiger partial charge in [0.25, 0.3) is 0 Å². The van der Waals surface area contributed by atoms with E-state index in [0.717, 1.165) is 15.2 Å². The molecule has 0 fully saturated rings. The van der Waals surface area contributed by atoms with E-state index in [2.05, 4.69) is 138 Å². The first-order valence-corrected chi connectivity index (χ1v) is 22.6. The van der Waals surface area contributed by atoms with E-state index in [1.54, 1.807) is 6.07 Å². The average Bonchev–Trinajstić information content (AvgIpc) is 3.67.